The molecule has 1 N–H and O–H groups in total. The second-order valence-electron chi connectivity index (χ2n) is 4.51. The summed E-state index contributed by atoms with van der Waals surface area (Å²) in [5, 5.41) is 9.10. The molecule has 0 aromatic heterocycles. The Kier molecular flexibility index (Phi) is 6.28. The molecule has 0 saturated carbocycles. The molecule has 96 valence electrons. The minimum Gasteiger partial charge on any atom is -0.394 e. The third-order valence-electron chi connectivity index (χ3n) is 3.44. The summed E-state index contributed by atoms with van der Waals surface area (Å²) in [5.41, 5.74) is 0. The lowest BCUT2D eigenvalue weighted by atomic mass is 10.2. The van der Waals surface area contributed by atoms with E-state index in [9.17, 15) is 0 Å². The predicted octanol–water partition coefficient (Wildman–Crippen LogP) is 0.410. The zero-order valence-corrected chi connectivity index (χ0v) is 10.9. The van der Waals surface area contributed by atoms with Gasteiger partial charge in [-0.05, 0) is 20.0 Å². The van der Waals surface area contributed by atoms with Crippen molar-refractivity contribution < 1.29 is 9.84 Å². The predicted molar refractivity (Wildman–Crippen MR) is 65.6 cm³/mol. The molecule has 0 aromatic rings. The van der Waals surface area contributed by atoms with Crippen LogP contribution >= 0.6 is 0 Å². The molecule has 1 saturated heterocycles. The van der Waals surface area contributed by atoms with Crippen molar-refractivity contribution in [2.75, 3.05) is 45.9 Å². The number of morpholine rings is 1. The lowest BCUT2D eigenvalue weighted by Crippen LogP contribution is -2.51. The highest BCUT2D eigenvalue weighted by molar-refractivity contribution is 4.77. The third kappa shape index (κ3) is 4.01. The van der Waals surface area contributed by atoms with Gasteiger partial charge in [0.1, 0.15) is 0 Å². The van der Waals surface area contributed by atoms with Crippen LogP contribution in [-0.2, 0) is 4.74 Å². The highest BCUT2D eigenvalue weighted by atomic mass is 16.5. The molecule has 0 spiro atoms. The lowest BCUT2D eigenvalue weighted by Gasteiger charge is -2.38. The van der Waals surface area contributed by atoms with Gasteiger partial charge in [0.15, 0.2) is 0 Å². The van der Waals surface area contributed by atoms with Gasteiger partial charge in [-0.25, -0.2) is 0 Å². The summed E-state index contributed by atoms with van der Waals surface area (Å²) in [4.78, 5) is 4.85. The van der Waals surface area contributed by atoms with Gasteiger partial charge in [0.2, 0.25) is 0 Å². The first-order valence-corrected chi connectivity index (χ1v) is 6.40. The van der Waals surface area contributed by atoms with E-state index in [1.807, 2.05) is 0 Å². The van der Waals surface area contributed by atoms with Crippen molar-refractivity contribution in [1.82, 2.24) is 9.80 Å². The van der Waals surface area contributed by atoms with Crippen LogP contribution in [-0.4, -0.2) is 73.0 Å². The molecule has 0 aromatic carbocycles. The Labute approximate surface area is 99.2 Å². The third-order valence-corrected chi connectivity index (χ3v) is 3.44. The Morgan fingerprint density at radius 2 is 2.06 bits per heavy atom. The van der Waals surface area contributed by atoms with Crippen LogP contribution in [0.25, 0.3) is 0 Å². The molecular weight excluding hydrogens is 204 g/mol. The number of ether oxygens (including phenoxy) is 1. The van der Waals surface area contributed by atoms with Crippen LogP contribution in [0.5, 0.6) is 0 Å². The smallest absolute Gasteiger partial charge is 0.0933 e. The van der Waals surface area contributed by atoms with E-state index in [0.29, 0.717) is 6.04 Å². The van der Waals surface area contributed by atoms with Crippen molar-refractivity contribution in [2.45, 2.75) is 32.9 Å². The van der Waals surface area contributed by atoms with Crippen molar-refractivity contribution in [1.29, 1.82) is 0 Å². The minimum atomic E-state index is 0.00732. The molecule has 4 nitrogen and oxygen atoms in total. The number of aliphatic hydroxyl groups is 1. The van der Waals surface area contributed by atoms with Gasteiger partial charge in [-0.2, -0.15) is 0 Å². The van der Waals surface area contributed by atoms with Gasteiger partial charge >= 0.3 is 0 Å². The van der Waals surface area contributed by atoms with Crippen LogP contribution in [0.2, 0.25) is 0 Å². The second kappa shape index (κ2) is 7.22. The molecule has 1 fully saturated rings. The zero-order chi connectivity index (χ0) is 12.0. The molecule has 16 heavy (non-hydrogen) atoms. The van der Waals surface area contributed by atoms with Gasteiger partial charge in [0, 0.05) is 25.7 Å². The van der Waals surface area contributed by atoms with Crippen molar-refractivity contribution in [3.8, 4) is 0 Å². The van der Waals surface area contributed by atoms with Gasteiger partial charge in [0.05, 0.1) is 19.3 Å². The summed E-state index contributed by atoms with van der Waals surface area (Å²) in [6.07, 6.45) is 0.00732. The van der Waals surface area contributed by atoms with Gasteiger partial charge in [0.25, 0.3) is 0 Å². The average molecular weight is 230 g/mol. The maximum atomic E-state index is 9.10. The summed E-state index contributed by atoms with van der Waals surface area (Å²) in [7, 11) is 0. The Bertz CT molecular complexity index is 186. The van der Waals surface area contributed by atoms with Crippen molar-refractivity contribution in [3.05, 3.63) is 0 Å². The Morgan fingerprint density at radius 1 is 1.38 bits per heavy atom. The molecule has 2 unspecified atom stereocenters. The fraction of sp³-hybridized carbons (Fsp3) is 1.00. The Balaban J connectivity index is 2.33. The summed E-state index contributed by atoms with van der Waals surface area (Å²) in [6, 6.07) is 0.471. The van der Waals surface area contributed by atoms with E-state index in [2.05, 4.69) is 30.6 Å². The fourth-order valence-corrected chi connectivity index (χ4v) is 2.11. The van der Waals surface area contributed by atoms with E-state index < -0.39 is 0 Å². The molecule has 1 aliphatic rings. The molecule has 1 aliphatic heterocycles. The van der Waals surface area contributed by atoms with Crippen LogP contribution in [0.1, 0.15) is 20.8 Å². The minimum absolute atomic E-state index is 0.00732. The molecule has 0 aliphatic carbocycles. The number of aliphatic hydroxyl groups excluding tert-OH is 1. The molecule has 1 rings (SSSR count). The normalized spacial score (nSPS) is 27.6. The molecule has 4 heteroatoms. The van der Waals surface area contributed by atoms with Crippen molar-refractivity contribution in [3.63, 3.8) is 0 Å². The number of hydrogen-bond donors (Lipinski definition) is 1. The average Bonchev–Trinajstić information content (AvgIpc) is 2.32. The standard InChI is InChI=1S/C12H26N2O2/c1-4-13(5-2)6-7-14-8-12(9-15)16-10-11(14)3/h11-12,15H,4-10H2,1-3H3. The topological polar surface area (TPSA) is 35.9 Å². The largest absolute Gasteiger partial charge is 0.394 e. The summed E-state index contributed by atoms with van der Waals surface area (Å²) in [5.74, 6) is 0. The molecule has 0 radical (unpaired) electrons. The Morgan fingerprint density at radius 3 is 2.62 bits per heavy atom. The van der Waals surface area contributed by atoms with E-state index in [4.69, 9.17) is 9.84 Å². The van der Waals surface area contributed by atoms with Crippen LogP contribution in [0.15, 0.2) is 0 Å². The molecule has 1 heterocycles. The zero-order valence-electron chi connectivity index (χ0n) is 10.9. The van der Waals surface area contributed by atoms with Crippen molar-refractivity contribution >= 4 is 0 Å². The Hall–Kier alpha value is -0.160. The van der Waals surface area contributed by atoms with Crippen LogP contribution < -0.4 is 0 Å². The maximum absolute atomic E-state index is 9.10. The highest BCUT2D eigenvalue weighted by Crippen LogP contribution is 2.11. The van der Waals surface area contributed by atoms with Crippen LogP contribution in [0.3, 0.4) is 0 Å². The highest BCUT2D eigenvalue weighted by Gasteiger charge is 2.25. The lowest BCUT2D eigenvalue weighted by molar-refractivity contribution is -0.0790. The number of hydrogen-bond acceptors (Lipinski definition) is 4. The molecule has 0 bridgehead atoms. The first kappa shape index (κ1) is 13.9. The quantitative estimate of drug-likeness (QED) is 0.717. The van der Waals surface area contributed by atoms with E-state index in [1.54, 1.807) is 0 Å². The summed E-state index contributed by atoms with van der Waals surface area (Å²) in [6.45, 7) is 12.7. The first-order valence-electron chi connectivity index (χ1n) is 6.40. The second-order valence-corrected chi connectivity index (χ2v) is 4.51. The van der Waals surface area contributed by atoms with E-state index in [1.165, 1.54) is 0 Å². The van der Waals surface area contributed by atoms with Crippen LogP contribution in [0, 0.1) is 0 Å². The number of nitrogens with zero attached hydrogens (tertiary/aromatic N) is 2. The van der Waals surface area contributed by atoms with Gasteiger partial charge in [-0.3, -0.25) is 4.90 Å². The monoisotopic (exact) mass is 230 g/mol. The van der Waals surface area contributed by atoms with Crippen molar-refractivity contribution in [2.24, 2.45) is 0 Å². The number of rotatable bonds is 6. The van der Waals surface area contributed by atoms with Gasteiger partial charge in [-0.15, -0.1) is 0 Å². The summed E-state index contributed by atoms with van der Waals surface area (Å²) < 4.78 is 5.52. The molecule has 2 atom stereocenters. The van der Waals surface area contributed by atoms with Crippen LogP contribution in [0.4, 0.5) is 0 Å². The SMILES string of the molecule is CCN(CC)CCN1CC(CO)OCC1C. The molecular formula is C12H26N2O2. The van der Waals surface area contributed by atoms with E-state index >= 15 is 0 Å². The summed E-state index contributed by atoms with van der Waals surface area (Å²) >= 11 is 0. The van der Waals surface area contributed by atoms with E-state index in [0.717, 1.165) is 39.3 Å². The maximum Gasteiger partial charge on any atom is 0.0933 e. The number of likely N-dealkylation sites (N-methyl/N-ethyl adjacent to an activating group) is 1. The van der Waals surface area contributed by atoms with E-state index in [-0.39, 0.29) is 12.7 Å². The fourth-order valence-electron chi connectivity index (χ4n) is 2.11. The van der Waals surface area contributed by atoms with Gasteiger partial charge in [-0.1, -0.05) is 13.8 Å². The van der Waals surface area contributed by atoms with Gasteiger partial charge < -0.3 is 14.7 Å². The molecule has 0 amide bonds. The first-order chi connectivity index (χ1) is 7.71.